The van der Waals surface area contributed by atoms with Gasteiger partial charge in [0.2, 0.25) is 5.82 Å². The minimum atomic E-state index is -3.67. The minimum absolute atomic E-state index is 0.0871. The third-order valence-corrected chi connectivity index (χ3v) is 5.25. The average Bonchev–Trinajstić information content (AvgIpc) is 2.58. The van der Waals surface area contributed by atoms with E-state index in [1.165, 1.54) is 6.92 Å². The Labute approximate surface area is 137 Å². The zero-order valence-electron chi connectivity index (χ0n) is 13.5. The molecular weight excluding hydrogens is 354 g/mol. The fourth-order valence-corrected chi connectivity index (χ4v) is 3.07. The SMILES string of the molecule is CCCCCCOP(=O)(CC)OCc1c(F)c(F)c(F)c(F)c1F. The molecule has 1 unspecified atom stereocenters. The van der Waals surface area contributed by atoms with Crippen molar-refractivity contribution in [2.24, 2.45) is 0 Å². The molecule has 0 aromatic heterocycles. The Balaban J connectivity index is 2.77. The van der Waals surface area contributed by atoms with E-state index in [1.807, 2.05) is 6.92 Å². The lowest BCUT2D eigenvalue weighted by Gasteiger charge is -2.18. The van der Waals surface area contributed by atoms with Crippen molar-refractivity contribution >= 4 is 7.60 Å². The lowest BCUT2D eigenvalue weighted by Crippen LogP contribution is -2.09. The van der Waals surface area contributed by atoms with Gasteiger partial charge in [-0.05, 0) is 6.42 Å². The van der Waals surface area contributed by atoms with Gasteiger partial charge in [-0.2, -0.15) is 0 Å². The molecule has 9 heteroatoms. The van der Waals surface area contributed by atoms with Crippen LogP contribution < -0.4 is 0 Å². The molecule has 0 saturated carbocycles. The minimum Gasteiger partial charge on any atom is -0.309 e. The zero-order chi connectivity index (χ0) is 18.3. The standard InChI is InChI=1S/C15H20F5O3P/c1-3-5-6-7-8-22-24(21,4-2)23-9-10-11(16)13(18)15(20)14(19)12(10)17/h3-9H2,1-2H3. The summed E-state index contributed by atoms with van der Waals surface area (Å²) in [5, 5.41) is 0. The maximum atomic E-state index is 13.5. The first-order valence-corrected chi connectivity index (χ1v) is 9.38. The van der Waals surface area contributed by atoms with E-state index in [9.17, 15) is 26.5 Å². The van der Waals surface area contributed by atoms with Crippen molar-refractivity contribution in [1.82, 2.24) is 0 Å². The lowest BCUT2D eigenvalue weighted by atomic mass is 10.2. The van der Waals surface area contributed by atoms with Crippen molar-refractivity contribution in [3.63, 3.8) is 0 Å². The van der Waals surface area contributed by atoms with E-state index in [-0.39, 0.29) is 12.8 Å². The molecule has 0 N–H and O–H groups in total. The van der Waals surface area contributed by atoms with Crippen LogP contribution in [0.15, 0.2) is 0 Å². The second-order valence-electron chi connectivity index (χ2n) is 5.14. The topological polar surface area (TPSA) is 35.5 Å². The predicted molar refractivity (Wildman–Crippen MR) is 79.3 cm³/mol. The van der Waals surface area contributed by atoms with Gasteiger partial charge in [0.15, 0.2) is 23.3 Å². The van der Waals surface area contributed by atoms with Crippen LogP contribution in [0.4, 0.5) is 22.0 Å². The van der Waals surface area contributed by atoms with E-state index in [4.69, 9.17) is 9.05 Å². The molecule has 0 radical (unpaired) electrons. The van der Waals surface area contributed by atoms with Gasteiger partial charge >= 0.3 is 7.60 Å². The molecule has 138 valence electrons. The third kappa shape index (κ3) is 5.26. The van der Waals surface area contributed by atoms with Crippen molar-refractivity contribution in [3.8, 4) is 0 Å². The van der Waals surface area contributed by atoms with Gasteiger partial charge in [-0.25, -0.2) is 22.0 Å². The maximum absolute atomic E-state index is 13.5. The molecular formula is C15H20F5O3P. The van der Waals surface area contributed by atoms with Crippen LogP contribution in [0.5, 0.6) is 0 Å². The van der Waals surface area contributed by atoms with E-state index in [2.05, 4.69) is 0 Å². The van der Waals surface area contributed by atoms with Gasteiger partial charge in [0.25, 0.3) is 0 Å². The van der Waals surface area contributed by atoms with E-state index in [1.54, 1.807) is 0 Å². The normalized spacial score (nSPS) is 14.0. The zero-order valence-corrected chi connectivity index (χ0v) is 14.4. The number of hydrogen-bond acceptors (Lipinski definition) is 3. The molecule has 0 aliphatic heterocycles. The van der Waals surface area contributed by atoms with Gasteiger partial charge in [0.05, 0.1) is 18.8 Å². The van der Waals surface area contributed by atoms with Crippen molar-refractivity contribution < 1.29 is 35.6 Å². The van der Waals surface area contributed by atoms with Crippen LogP contribution in [0.2, 0.25) is 0 Å². The summed E-state index contributed by atoms with van der Waals surface area (Å²) in [4.78, 5) is 0. The molecule has 0 aliphatic rings. The molecule has 0 amide bonds. The molecule has 3 nitrogen and oxygen atoms in total. The molecule has 0 fully saturated rings. The van der Waals surface area contributed by atoms with Gasteiger partial charge in [0.1, 0.15) is 0 Å². The fourth-order valence-electron chi connectivity index (χ4n) is 1.89. The summed E-state index contributed by atoms with van der Waals surface area (Å²) in [5.74, 6) is -10.4. The molecule has 24 heavy (non-hydrogen) atoms. The molecule has 1 rings (SSSR count). The van der Waals surface area contributed by atoms with Crippen LogP contribution in [0, 0.1) is 29.1 Å². The van der Waals surface area contributed by atoms with E-state index in [0.717, 1.165) is 19.3 Å². The van der Waals surface area contributed by atoms with Gasteiger partial charge in [0, 0.05) is 6.16 Å². The summed E-state index contributed by atoms with van der Waals surface area (Å²) >= 11 is 0. The molecule has 1 aromatic carbocycles. The molecule has 0 bridgehead atoms. The lowest BCUT2D eigenvalue weighted by molar-refractivity contribution is 0.189. The highest BCUT2D eigenvalue weighted by Gasteiger charge is 2.29. The van der Waals surface area contributed by atoms with Gasteiger partial charge in [-0.15, -0.1) is 0 Å². The van der Waals surface area contributed by atoms with Gasteiger partial charge in [-0.3, -0.25) is 4.57 Å². The molecule has 1 aromatic rings. The van der Waals surface area contributed by atoms with Crippen molar-refractivity contribution in [2.45, 2.75) is 46.1 Å². The van der Waals surface area contributed by atoms with Gasteiger partial charge in [-0.1, -0.05) is 33.1 Å². The van der Waals surface area contributed by atoms with Crippen LogP contribution in [0.25, 0.3) is 0 Å². The Hall–Kier alpha value is -0.980. The number of halogens is 5. The average molecular weight is 374 g/mol. The van der Waals surface area contributed by atoms with Crippen LogP contribution in [0.3, 0.4) is 0 Å². The summed E-state index contributed by atoms with van der Waals surface area (Å²) in [6, 6.07) is 0. The smallest absolute Gasteiger partial charge is 0.309 e. The highest BCUT2D eigenvalue weighted by atomic mass is 31.2. The Bertz CT molecular complexity index is 580. The summed E-state index contributed by atoms with van der Waals surface area (Å²) in [7, 11) is -3.67. The highest BCUT2D eigenvalue weighted by Crippen LogP contribution is 2.49. The molecule has 1 atom stereocenters. The first-order chi connectivity index (χ1) is 11.3. The number of rotatable bonds is 10. The highest BCUT2D eigenvalue weighted by molar-refractivity contribution is 7.53. The van der Waals surface area contributed by atoms with Crippen molar-refractivity contribution in [1.29, 1.82) is 0 Å². The quantitative estimate of drug-likeness (QED) is 0.173. The second kappa shape index (κ2) is 9.49. The Morgan fingerprint density at radius 2 is 1.33 bits per heavy atom. The summed E-state index contributed by atoms with van der Waals surface area (Å²) in [6.07, 6.45) is 3.38. The summed E-state index contributed by atoms with van der Waals surface area (Å²) in [6.45, 7) is 2.59. The van der Waals surface area contributed by atoms with Crippen LogP contribution in [-0.2, 0) is 20.2 Å². The Morgan fingerprint density at radius 3 is 1.83 bits per heavy atom. The Morgan fingerprint density at radius 1 is 0.792 bits per heavy atom. The van der Waals surface area contributed by atoms with Crippen molar-refractivity contribution in [2.75, 3.05) is 12.8 Å². The van der Waals surface area contributed by atoms with E-state index >= 15 is 0 Å². The number of unbranched alkanes of at least 4 members (excludes halogenated alkanes) is 3. The summed E-state index contributed by atoms with van der Waals surface area (Å²) in [5.41, 5.74) is -1.17. The van der Waals surface area contributed by atoms with Crippen LogP contribution in [-0.4, -0.2) is 12.8 Å². The van der Waals surface area contributed by atoms with Crippen LogP contribution >= 0.6 is 7.60 Å². The monoisotopic (exact) mass is 374 g/mol. The first kappa shape index (κ1) is 21.1. The van der Waals surface area contributed by atoms with Crippen molar-refractivity contribution in [3.05, 3.63) is 34.6 Å². The van der Waals surface area contributed by atoms with E-state index in [0.29, 0.717) is 6.42 Å². The molecule has 0 saturated heterocycles. The first-order valence-electron chi connectivity index (χ1n) is 7.65. The van der Waals surface area contributed by atoms with Gasteiger partial charge < -0.3 is 9.05 Å². The predicted octanol–water partition coefficient (Wildman–Crippen LogP) is 5.71. The molecule has 0 heterocycles. The molecule has 0 spiro atoms. The Kier molecular flexibility index (Phi) is 8.33. The third-order valence-electron chi connectivity index (χ3n) is 3.38. The van der Waals surface area contributed by atoms with Crippen LogP contribution in [0.1, 0.15) is 45.1 Å². The fraction of sp³-hybridized carbons (Fsp3) is 0.600. The largest absolute Gasteiger partial charge is 0.330 e. The van der Waals surface area contributed by atoms with E-state index < -0.39 is 48.9 Å². The molecule has 0 aliphatic carbocycles. The second-order valence-corrected chi connectivity index (χ2v) is 7.51. The number of benzene rings is 1. The number of hydrogen-bond donors (Lipinski definition) is 0. The summed E-state index contributed by atoms with van der Waals surface area (Å²) < 4.78 is 88.6. The maximum Gasteiger partial charge on any atom is 0.330 e.